The average Bonchev–Trinajstić information content (AvgIpc) is 2.75. The lowest BCUT2D eigenvalue weighted by atomic mass is 10.0. The van der Waals surface area contributed by atoms with E-state index >= 15 is 0 Å². The van der Waals surface area contributed by atoms with Crippen LogP contribution in [0.25, 0.3) is 0 Å². The summed E-state index contributed by atoms with van der Waals surface area (Å²) < 4.78 is 11.0. The van der Waals surface area contributed by atoms with Crippen LogP contribution in [0.4, 0.5) is 0 Å². The Kier molecular flexibility index (Phi) is 9.84. The zero-order valence-electron chi connectivity index (χ0n) is 16.6. The van der Waals surface area contributed by atoms with Crippen LogP contribution in [0.2, 0.25) is 0 Å². The minimum absolute atomic E-state index is 0.0560. The Bertz CT molecular complexity index is 697. The molecule has 4 heteroatoms. The summed E-state index contributed by atoms with van der Waals surface area (Å²) in [4.78, 5) is 24.2. The predicted molar refractivity (Wildman–Crippen MR) is 110 cm³/mol. The second-order valence-electron chi connectivity index (χ2n) is 6.89. The predicted octanol–water partition coefficient (Wildman–Crippen LogP) is 5.82. The minimum Gasteiger partial charge on any atom is -0.462 e. The van der Waals surface area contributed by atoms with Crippen LogP contribution < -0.4 is 0 Å². The highest BCUT2D eigenvalue weighted by Gasteiger charge is 2.15. The zero-order chi connectivity index (χ0) is 20.0. The maximum absolute atomic E-state index is 12.3. The Morgan fingerprint density at radius 1 is 0.750 bits per heavy atom. The van der Waals surface area contributed by atoms with Gasteiger partial charge in [0.1, 0.15) is 6.10 Å². The third-order valence-corrected chi connectivity index (χ3v) is 4.58. The lowest BCUT2D eigenvalue weighted by molar-refractivity contribution is 0.0246. The van der Waals surface area contributed by atoms with Gasteiger partial charge < -0.3 is 9.47 Å². The van der Waals surface area contributed by atoms with E-state index in [9.17, 15) is 9.59 Å². The molecule has 1 atom stereocenters. The molecule has 0 aliphatic carbocycles. The molecular formula is C24H30O4. The smallest absolute Gasteiger partial charge is 0.338 e. The van der Waals surface area contributed by atoms with Gasteiger partial charge >= 0.3 is 11.9 Å². The van der Waals surface area contributed by atoms with Crippen LogP contribution in [0.3, 0.4) is 0 Å². The van der Waals surface area contributed by atoms with Gasteiger partial charge in [-0.25, -0.2) is 9.59 Å². The Balaban J connectivity index is 1.67. The van der Waals surface area contributed by atoms with Crippen molar-refractivity contribution in [3.8, 4) is 0 Å². The van der Waals surface area contributed by atoms with E-state index < -0.39 is 0 Å². The summed E-state index contributed by atoms with van der Waals surface area (Å²) in [5.74, 6) is -0.531. The molecule has 150 valence electrons. The van der Waals surface area contributed by atoms with Gasteiger partial charge in [-0.2, -0.15) is 0 Å². The molecule has 0 spiro atoms. The monoisotopic (exact) mass is 382 g/mol. The van der Waals surface area contributed by atoms with Gasteiger partial charge in [0.2, 0.25) is 0 Å². The standard InChI is InChI=1S/C24H30O4/c1-2-3-17-22(28-24(26)21-15-9-5-10-16-21)18-11-6-12-19-27-23(25)20-13-7-4-8-14-20/h4-5,7-10,13-16,22H,2-3,6,11-12,17-19H2,1H3. The van der Waals surface area contributed by atoms with Crippen molar-refractivity contribution in [2.24, 2.45) is 0 Å². The van der Waals surface area contributed by atoms with Gasteiger partial charge in [0, 0.05) is 0 Å². The molecule has 2 aromatic rings. The van der Waals surface area contributed by atoms with Gasteiger partial charge in [0.15, 0.2) is 0 Å². The SMILES string of the molecule is CCCCC(CCCCCOC(=O)c1ccccc1)OC(=O)c1ccccc1. The first-order chi connectivity index (χ1) is 13.7. The van der Waals surface area contributed by atoms with Crippen LogP contribution in [-0.2, 0) is 9.47 Å². The van der Waals surface area contributed by atoms with Gasteiger partial charge in [0.05, 0.1) is 17.7 Å². The third-order valence-electron chi connectivity index (χ3n) is 4.58. The van der Waals surface area contributed by atoms with Gasteiger partial charge in [-0.15, -0.1) is 0 Å². The van der Waals surface area contributed by atoms with Crippen molar-refractivity contribution < 1.29 is 19.1 Å². The lowest BCUT2D eigenvalue weighted by Crippen LogP contribution is -2.18. The van der Waals surface area contributed by atoms with Crippen molar-refractivity contribution >= 4 is 11.9 Å². The second-order valence-corrected chi connectivity index (χ2v) is 6.89. The molecule has 0 amide bonds. The average molecular weight is 383 g/mol. The first-order valence-electron chi connectivity index (χ1n) is 10.2. The summed E-state index contributed by atoms with van der Waals surface area (Å²) in [6.07, 6.45) is 6.48. The van der Waals surface area contributed by atoms with E-state index in [1.807, 2.05) is 36.4 Å². The number of hydrogen-bond acceptors (Lipinski definition) is 4. The maximum atomic E-state index is 12.3. The Morgan fingerprint density at radius 3 is 1.93 bits per heavy atom. The summed E-state index contributed by atoms with van der Waals surface area (Å²) in [5.41, 5.74) is 1.17. The van der Waals surface area contributed by atoms with Gasteiger partial charge in [-0.05, 0) is 56.4 Å². The van der Waals surface area contributed by atoms with E-state index in [2.05, 4.69) is 6.92 Å². The summed E-state index contributed by atoms with van der Waals surface area (Å²) in [5, 5.41) is 0. The van der Waals surface area contributed by atoms with Gasteiger partial charge in [-0.3, -0.25) is 0 Å². The first-order valence-corrected chi connectivity index (χ1v) is 10.2. The second kappa shape index (κ2) is 12.7. The summed E-state index contributed by atoms with van der Waals surface area (Å²) >= 11 is 0. The summed E-state index contributed by atoms with van der Waals surface area (Å²) in [7, 11) is 0. The van der Waals surface area contributed by atoms with E-state index in [4.69, 9.17) is 9.47 Å². The Hall–Kier alpha value is -2.62. The van der Waals surface area contributed by atoms with Crippen molar-refractivity contribution in [1.82, 2.24) is 0 Å². The van der Waals surface area contributed by atoms with Crippen molar-refractivity contribution in [3.63, 3.8) is 0 Å². The molecule has 0 heterocycles. The number of ether oxygens (including phenoxy) is 2. The van der Waals surface area contributed by atoms with E-state index in [0.717, 1.165) is 44.9 Å². The van der Waals surface area contributed by atoms with Crippen molar-refractivity contribution in [2.75, 3.05) is 6.61 Å². The normalized spacial score (nSPS) is 11.6. The number of carbonyl (C=O) groups excluding carboxylic acids is 2. The van der Waals surface area contributed by atoms with Crippen LogP contribution in [0.5, 0.6) is 0 Å². The molecule has 0 saturated heterocycles. The highest BCUT2D eigenvalue weighted by atomic mass is 16.5. The van der Waals surface area contributed by atoms with Crippen LogP contribution >= 0.6 is 0 Å². The van der Waals surface area contributed by atoms with Gasteiger partial charge in [-0.1, -0.05) is 56.2 Å². The number of rotatable bonds is 12. The van der Waals surface area contributed by atoms with Crippen LogP contribution in [0.1, 0.15) is 72.6 Å². The minimum atomic E-state index is -0.279. The number of benzene rings is 2. The third kappa shape index (κ3) is 7.95. The fraction of sp³-hybridized carbons (Fsp3) is 0.417. The number of esters is 2. The van der Waals surface area contributed by atoms with Crippen molar-refractivity contribution in [3.05, 3.63) is 71.8 Å². The largest absolute Gasteiger partial charge is 0.462 e. The molecule has 2 aromatic carbocycles. The van der Waals surface area contributed by atoms with Gasteiger partial charge in [0.25, 0.3) is 0 Å². The molecule has 0 aromatic heterocycles. The number of carbonyl (C=O) groups is 2. The Labute approximate surface area is 167 Å². The molecule has 0 N–H and O–H groups in total. The van der Waals surface area contributed by atoms with E-state index in [1.54, 1.807) is 24.3 Å². The molecule has 0 aliphatic rings. The molecule has 0 aliphatic heterocycles. The first kappa shape index (κ1) is 21.7. The number of hydrogen-bond donors (Lipinski definition) is 0. The molecule has 0 bridgehead atoms. The summed E-state index contributed by atoms with van der Waals surface area (Å²) in [6.45, 7) is 2.55. The van der Waals surface area contributed by atoms with E-state index in [0.29, 0.717) is 17.7 Å². The fourth-order valence-corrected chi connectivity index (χ4v) is 2.96. The summed E-state index contributed by atoms with van der Waals surface area (Å²) in [6, 6.07) is 18.1. The van der Waals surface area contributed by atoms with Crippen molar-refractivity contribution in [2.45, 2.75) is 58.0 Å². The molecule has 0 saturated carbocycles. The van der Waals surface area contributed by atoms with Crippen LogP contribution in [0, 0.1) is 0 Å². The fourth-order valence-electron chi connectivity index (χ4n) is 2.96. The lowest BCUT2D eigenvalue weighted by Gasteiger charge is -2.18. The molecule has 28 heavy (non-hydrogen) atoms. The molecule has 1 unspecified atom stereocenters. The Morgan fingerprint density at radius 2 is 1.32 bits per heavy atom. The van der Waals surface area contributed by atoms with E-state index in [1.165, 1.54) is 0 Å². The highest BCUT2D eigenvalue weighted by Crippen LogP contribution is 2.16. The molecule has 2 rings (SSSR count). The molecular weight excluding hydrogens is 352 g/mol. The van der Waals surface area contributed by atoms with Crippen molar-refractivity contribution in [1.29, 1.82) is 0 Å². The van der Waals surface area contributed by atoms with Crippen LogP contribution in [-0.4, -0.2) is 24.6 Å². The van der Waals surface area contributed by atoms with E-state index in [-0.39, 0.29) is 18.0 Å². The topological polar surface area (TPSA) is 52.6 Å². The molecule has 0 fully saturated rings. The van der Waals surface area contributed by atoms with Crippen LogP contribution in [0.15, 0.2) is 60.7 Å². The molecule has 4 nitrogen and oxygen atoms in total. The maximum Gasteiger partial charge on any atom is 0.338 e. The number of unbranched alkanes of at least 4 members (excludes halogenated alkanes) is 3. The highest BCUT2D eigenvalue weighted by molar-refractivity contribution is 5.89. The quantitative estimate of drug-likeness (QED) is 0.343. The zero-order valence-corrected chi connectivity index (χ0v) is 16.6. The molecule has 0 radical (unpaired) electrons.